The molecule has 1 aliphatic carbocycles. The zero-order valence-corrected chi connectivity index (χ0v) is 10.3. The van der Waals surface area contributed by atoms with Gasteiger partial charge in [-0.3, -0.25) is 4.79 Å². The number of carboxylic acids is 1. The highest BCUT2D eigenvalue weighted by Gasteiger charge is 2.50. The maximum atomic E-state index is 11.0. The summed E-state index contributed by atoms with van der Waals surface area (Å²) in [5.41, 5.74) is -0.602. The van der Waals surface area contributed by atoms with Crippen LogP contribution in [0.15, 0.2) is 12.4 Å². The van der Waals surface area contributed by atoms with Crippen LogP contribution in [-0.4, -0.2) is 34.2 Å². The van der Waals surface area contributed by atoms with Gasteiger partial charge >= 0.3 is 5.97 Å². The standard InChI is InChI=1S/C12H17N3O3/c1-2-5-18-10-6-9(14-8-15-10)13-7-12(3-4-12)11(16)17/h6,8H,2-5,7H2,1H3,(H,16,17)(H,13,14,15). The Hall–Kier alpha value is -1.85. The van der Waals surface area contributed by atoms with Gasteiger partial charge in [0.1, 0.15) is 12.1 Å². The summed E-state index contributed by atoms with van der Waals surface area (Å²) in [5.74, 6) is 0.365. The highest BCUT2D eigenvalue weighted by molar-refractivity contribution is 5.78. The minimum absolute atomic E-state index is 0.395. The van der Waals surface area contributed by atoms with Crippen LogP contribution >= 0.6 is 0 Å². The largest absolute Gasteiger partial charge is 0.481 e. The number of ether oxygens (including phenoxy) is 1. The Balaban J connectivity index is 1.91. The molecular formula is C12H17N3O3. The van der Waals surface area contributed by atoms with E-state index in [9.17, 15) is 4.79 Å². The second kappa shape index (κ2) is 5.20. The molecule has 1 fully saturated rings. The van der Waals surface area contributed by atoms with Crippen LogP contribution in [0.4, 0.5) is 5.82 Å². The molecule has 0 bridgehead atoms. The van der Waals surface area contributed by atoms with Crippen LogP contribution in [0.25, 0.3) is 0 Å². The summed E-state index contributed by atoms with van der Waals surface area (Å²) in [7, 11) is 0. The molecule has 1 aliphatic rings. The van der Waals surface area contributed by atoms with E-state index in [4.69, 9.17) is 9.84 Å². The number of anilines is 1. The van der Waals surface area contributed by atoms with Crippen molar-refractivity contribution in [3.63, 3.8) is 0 Å². The third-order valence-electron chi connectivity index (χ3n) is 3.01. The van der Waals surface area contributed by atoms with Crippen molar-refractivity contribution in [3.8, 4) is 5.88 Å². The fourth-order valence-corrected chi connectivity index (χ4v) is 1.60. The van der Waals surface area contributed by atoms with Gasteiger partial charge in [0.2, 0.25) is 5.88 Å². The number of hydrogen-bond acceptors (Lipinski definition) is 5. The lowest BCUT2D eigenvalue weighted by molar-refractivity contribution is -0.142. The highest BCUT2D eigenvalue weighted by atomic mass is 16.5. The van der Waals surface area contributed by atoms with E-state index in [1.165, 1.54) is 6.33 Å². The Bertz CT molecular complexity index is 432. The van der Waals surface area contributed by atoms with Gasteiger partial charge in [-0.15, -0.1) is 0 Å². The quantitative estimate of drug-likeness (QED) is 0.764. The van der Waals surface area contributed by atoms with Gasteiger partial charge in [0.15, 0.2) is 0 Å². The molecule has 0 aliphatic heterocycles. The van der Waals surface area contributed by atoms with Crippen molar-refractivity contribution in [2.75, 3.05) is 18.5 Å². The van der Waals surface area contributed by atoms with Crippen LogP contribution in [-0.2, 0) is 4.79 Å². The lowest BCUT2D eigenvalue weighted by atomic mass is 10.1. The lowest BCUT2D eigenvalue weighted by Crippen LogP contribution is -2.24. The lowest BCUT2D eigenvalue weighted by Gasteiger charge is -2.12. The van der Waals surface area contributed by atoms with Crippen LogP contribution in [0.1, 0.15) is 26.2 Å². The number of carbonyl (C=O) groups is 1. The molecule has 1 heterocycles. The van der Waals surface area contributed by atoms with Crippen molar-refractivity contribution in [2.24, 2.45) is 5.41 Å². The molecule has 0 unspecified atom stereocenters. The maximum absolute atomic E-state index is 11.0. The minimum Gasteiger partial charge on any atom is -0.481 e. The summed E-state index contributed by atoms with van der Waals surface area (Å²) >= 11 is 0. The molecule has 6 nitrogen and oxygen atoms in total. The first-order valence-electron chi connectivity index (χ1n) is 6.08. The number of carboxylic acid groups (broad SMARTS) is 1. The third-order valence-corrected chi connectivity index (χ3v) is 3.01. The Labute approximate surface area is 105 Å². The van der Waals surface area contributed by atoms with Crippen molar-refractivity contribution in [3.05, 3.63) is 12.4 Å². The van der Waals surface area contributed by atoms with Gasteiger partial charge in [-0.2, -0.15) is 0 Å². The second-order valence-electron chi connectivity index (χ2n) is 4.53. The van der Waals surface area contributed by atoms with Crippen LogP contribution in [0.3, 0.4) is 0 Å². The fraction of sp³-hybridized carbons (Fsp3) is 0.583. The van der Waals surface area contributed by atoms with E-state index >= 15 is 0 Å². The summed E-state index contributed by atoms with van der Waals surface area (Å²) < 4.78 is 5.38. The molecule has 2 rings (SSSR count). The molecule has 0 saturated heterocycles. The number of nitrogens with one attached hydrogen (secondary N) is 1. The molecule has 18 heavy (non-hydrogen) atoms. The van der Waals surface area contributed by atoms with E-state index in [0.29, 0.717) is 24.8 Å². The summed E-state index contributed by atoms with van der Waals surface area (Å²) in [6.07, 6.45) is 3.77. The van der Waals surface area contributed by atoms with Crippen LogP contribution < -0.4 is 10.1 Å². The van der Waals surface area contributed by atoms with Gasteiger partial charge in [-0.25, -0.2) is 9.97 Å². The molecule has 0 aromatic carbocycles. The van der Waals surface area contributed by atoms with Crippen molar-refractivity contribution in [1.29, 1.82) is 0 Å². The number of rotatable bonds is 7. The van der Waals surface area contributed by atoms with E-state index in [2.05, 4.69) is 15.3 Å². The molecule has 1 saturated carbocycles. The number of aliphatic carboxylic acids is 1. The minimum atomic E-state index is -0.744. The number of nitrogens with zero attached hydrogens (tertiary/aromatic N) is 2. The van der Waals surface area contributed by atoms with Crippen molar-refractivity contribution in [1.82, 2.24) is 9.97 Å². The monoisotopic (exact) mass is 251 g/mol. The summed E-state index contributed by atoms with van der Waals surface area (Å²) in [6, 6.07) is 1.69. The topological polar surface area (TPSA) is 84.3 Å². The van der Waals surface area contributed by atoms with Crippen molar-refractivity contribution >= 4 is 11.8 Å². The Morgan fingerprint density at radius 3 is 2.94 bits per heavy atom. The van der Waals surface area contributed by atoms with E-state index in [0.717, 1.165) is 19.3 Å². The molecule has 0 radical (unpaired) electrons. The molecule has 0 spiro atoms. The molecule has 0 atom stereocenters. The zero-order chi connectivity index (χ0) is 13.0. The number of hydrogen-bond donors (Lipinski definition) is 2. The first-order chi connectivity index (χ1) is 8.66. The van der Waals surface area contributed by atoms with Gasteiger partial charge < -0.3 is 15.2 Å². The van der Waals surface area contributed by atoms with E-state index in [-0.39, 0.29) is 0 Å². The molecule has 0 amide bonds. The van der Waals surface area contributed by atoms with Gasteiger partial charge in [0, 0.05) is 12.6 Å². The van der Waals surface area contributed by atoms with Gasteiger partial charge in [-0.05, 0) is 19.3 Å². The Kier molecular flexibility index (Phi) is 3.64. The molecule has 2 N–H and O–H groups in total. The van der Waals surface area contributed by atoms with E-state index in [1.54, 1.807) is 6.07 Å². The third kappa shape index (κ3) is 2.88. The number of aromatic nitrogens is 2. The normalized spacial score (nSPS) is 16.1. The molecule has 1 aromatic rings. The predicted molar refractivity (Wildman–Crippen MR) is 65.6 cm³/mol. The van der Waals surface area contributed by atoms with Crippen LogP contribution in [0.2, 0.25) is 0 Å². The zero-order valence-electron chi connectivity index (χ0n) is 10.3. The first-order valence-corrected chi connectivity index (χ1v) is 6.08. The van der Waals surface area contributed by atoms with Crippen molar-refractivity contribution in [2.45, 2.75) is 26.2 Å². The Morgan fingerprint density at radius 1 is 1.56 bits per heavy atom. The molecule has 1 aromatic heterocycles. The van der Waals surface area contributed by atoms with Gasteiger partial charge in [-0.1, -0.05) is 6.92 Å². The first kappa shape index (κ1) is 12.6. The van der Waals surface area contributed by atoms with Gasteiger partial charge in [0.25, 0.3) is 0 Å². The van der Waals surface area contributed by atoms with Crippen molar-refractivity contribution < 1.29 is 14.6 Å². The molecular weight excluding hydrogens is 234 g/mol. The summed E-state index contributed by atoms with van der Waals surface area (Å²) in [4.78, 5) is 19.0. The maximum Gasteiger partial charge on any atom is 0.311 e. The smallest absolute Gasteiger partial charge is 0.311 e. The second-order valence-corrected chi connectivity index (χ2v) is 4.53. The van der Waals surface area contributed by atoms with Crippen LogP contribution in [0, 0.1) is 5.41 Å². The van der Waals surface area contributed by atoms with Crippen LogP contribution in [0.5, 0.6) is 5.88 Å². The molecule has 98 valence electrons. The van der Waals surface area contributed by atoms with E-state index in [1.807, 2.05) is 6.92 Å². The average Bonchev–Trinajstić information content (AvgIpc) is 3.16. The Morgan fingerprint density at radius 2 is 2.33 bits per heavy atom. The SMILES string of the molecule is CCCOc1cc(NCC2(C(=O)O)CC2)ncn1. The fourth-order valence-electron chi connectivity index (χ4n) is 1.60. The van der Waals surface area contributed by atoms with E-state index < -0.39 is 11.4 Å². The average molecular weight is 251 g/mol. The molecule has 6 heteroatoms. The summed E-state index contributed by atoms with van der Waals surface area (Å²) in [5, 5.41) is 12.1. The summed E-state index contributed by atoms with van der Waals surface area (Å²) in [6.45, 7) is 3.02. The van der Waals surface area contributed by atoms with Gasteiger partial charge in [0.05, 0.1) is 12.0 Å². The predicted octanol–water partition coefficient (Wildman–Crippen LogP) is 1.54. The highest BCUT2D eigenvalue weighted by Crippen LogP contribution is 2.45.